The summed E-state index contributed by atoms with van der Waals surface area (Å²) in [6.07, 6.45) is 0. The number of nitrogens with one attached hydrogen (secondary N) is 1. The van der Waals surface area contributed by atoms with Crippen molar-refractivity contribution >= 4 is 18.5 Å². The van der Waals surface area contributed by atoms with E-state index >= 15 is 0 Å². The predicted molar refractivity (Wildman–Crippen MR) is 46.3 cm³/mol. The highest BCUT2D eigenvalue weighted by molar-refractivity contribution is 7.80. The summed E-state index contributed by atoms with van der Waals surface area (Å²) in [6, 6.07) is 0. The van der Waals surface area contributed by atoms with Crippen LogP contribution in [0.2, 0.25) is 0 Å². The summed E-state index contributed by atoms with van der Waals surface area (Å²) in [7, 11) is 0. The van der Waals surface area contributed by atoms with Crippen LogP contribution in [0.4, 0.5) is 0 Å². The van der Waals surface area contributed by atoms with E-state index in [0.717, 1.165) is 0 Å². The fourth-order valence-corrected chi connectivity index (χ4v) is 0.483. The van der Waals surface area contributed by atoms with Crippen LogP contribution in [0.25, 0.3) is 0 Å². The van der Waals surface area contributed by atoms with Gasteiger partial charge < -0.3 is 5.32 Å². The van der Waals surface area contributed by atoms with Gasteiger partial charge in [-0.15, -0.1) is 0 Å². The van der Waals surface area contributed by atoms with Gasteiger partial charge in [0.1, 0.15) is 0 Å². The molecule has 0 aromatic carbocycles. The number of carbonyl (C=O) groups is 1. The van der Waals surface area contributed by atoms with Gasteiger partial charge in [-0.2, -0.15) is 12.6 Å². The van der Waals surface area contributed by atoms with Gasteiger partial charge in [0.15, 0.2) is 0 Å². The summed E-state index contributed by atoms with van der Waals surface area (Å²) in [6.45, 7) is 7.69. The molecule has 0 bridgehead atoms. The van der Waals surface area contributed by atoms with E-state index < -0.39 is 0 Å². The van der Waals surface area contributed by atoms with E-state index in [0.29, 0.717) is 12.1 Å². The number of hydrogen-bond donors (Lipinski definition) is 2. The van der Waals surface area contributed by atoms with Crippen LogP contribution in [0.3, 0.4) is 0 Å². The van der Waals surface area contributed by atoms with Gasteiger partial charge >= 0.3 is 0 Å². The summed E-state index contributed by atoms with van der Waals surface area (Å²) in [4.78, 5) is 10.8. The van der Waals surface area contributed by atoms with Crippen LogP contribution < -0.4 is 5.32 Å². The monoisotopic (exact) mass is 159 g/mol. The highest BCUT2D eigenvalue weighted by Gasteiger charge is 2.00. The summed E-state index contributed by atoms with van der Waals surface area (Å²) in [5, 5.41) is 2.86. The number of rotatable bonds is 3. The van der Waals surface area contributed by atoms with Crippen LogP contribution in [0.15, 0.2) is 12.2 Å². The van der Waals surface area contributed by atoms with Crippen molar-refractivity contribution in [3.63, 3.8) is 0 Å². The zero-order valence-electron chi connectivity index (χ0n) is 6.35. The second-order valence-electron chi connectivity index (χ2n) is 2.34. The van der Waals surface area contributed by atoms with Gasteiger partial charge in [-0.1, -0.05) is 13.5 Å². The molecule has 0 saturated carbocycles. The molecule has 10 heavy (non-hydrogen) atoms. The molecule has 1 N–H and O–H groups in total. The Balaban J connectivity index is 3.50. The topological polar surface area (TPSA) is 29.1 Å². The lowest BCUT2D eigenvalue weighted by molar-refractivity contribution is -0.117. The summed E-state index contributed by atoms with van der Waals surface area (Å²) in [5.74, 6) is -0.0964. The molecule has 0 heterocycles. The summed E-state index contributed by atoms with van der Waals surface area (Å²) in [5.41, 5.74) is 0.536. The lowest BCUT2D eigenvalue weighted by atomic mass is 10.3. The molecule has 2 nitrogen and oxygen atoms in total. The summed E-state index contributed by atoms with van der Waals surface area (Å²) < 4.78 is 0. The first-order valence-electron chi connectivity index (χ1n) is 3.16. The van der Waals surface area contributed by atoms with Gasteiger partial charge in [-0.25, -0.2) is 0 Å². The first-order chi connectivity index (χ1) is 4.54. The van der Waals surface area contributed by atoms with Crippen LogP contribution in [0, 0.1) is 0 Å². The minimum Gasteiger partial charge on any atom is -0.351 e. The molecule has 3 heteroatoms. The molecule has 0 spiro atoms. The maximum atomic E-state index is 10.8. The van der Waals surface area contributed by atoms with Gasteiger partial charge in [0.2, 0.25) is 5.91 Å². The van der Waals surface area contributed by atoms with Crippen LogP contribution in [-0.2, 0) is 4.79 Å². The Morgan fingerprint density at radius 1 is 1.80 bits per heavy atom. The maximum Gasteiger partial charge on any atom is 0.246 e. The van der Waals surface area contributed by atoms with Crippen LogP contribution >= 0.6 is 12.6 Å². The second-order valence-corrected chi connectivity index (χ2v) is 3.22. The highest BCUT2D eigenvalue weighted by atomic mass is 32.1. The second kappa shape index (κ2) is 4.39. The Hall–Kier alpha value is -0.440. The number of thiol groups is 1. The molecule has 1 unspecified atom stereocenters. The molecule has 0 fully saturated rings. The Kier molecular flexibility index (Phi) is 4.19. The van der Waals surface area contributed by atoms with Crippen molar-refractivity contribution in [2.45, 2.75) is 19.1 Å². The van der Waals surface area contributed by atoms with Crippen molar-refractivity contribution < 1.29 is 4.79 Å². The molecule has 0 saturated heterocycles. The Morgan fingerprint density at radius 2 is 2.30 bits per heavy atom. The van der Waals surface area contributed by atoms with E-state index in [4.69, 9.17) is 0 Å². The Labute approximate surface area is 67.1 Å². The van der Waals surface area contributed by atoms with E-state index in [1.807, 2.05) is 6.92 Å². The van der Waals surface area contributed by atoms with Crippen molar-refractivity contribution in [3.05, 3.63) is 12.2 Å². The Morgan fingerprint density at radius 3 is 2.60 bits per heavy atom. The van der Waals surface area contributed by atoms with Gasteiger partial charge in [0.25, 0.3) is 0 Å². The van der Waals surface area contributed by atoms with Crippen LogP contribution in [0.1, 0.15) is 13.8 Å². The lowest BCUT2D eigenvalue weighted by Gasteiger charge is -2.05. The molecule has 0 aliphatic carbocycles. The number of carbonyl (C=O) groups excluding carboxylic acids is 1. The first-order valence-corrected chi connectivity index (χ1v) is 3.67. The van der Waals surface area contributed by atoms with Crippen molar-refractivity contribution in [2.24, 2.45) is 0 Å². The van der Waals surface area contributed by atoms with Crippen molar-refractivity contribution in [3.8, 4) is 0 Å². The number of amides is 1. The molecule has 0 aliphatic rings. The van der Waals surface area contributed by atoms with Crippen LogP contribution in [-0.4, -0.2) is 17.7 Å². The molecule has 1 amide bonds. The fraction of sp³-hybridized carbons (Fsp3) is 0.571. The van der Waals surface area contributed by atoms with Gasteiger partial charge in [0.05, 0.1) is 0 Å². The van der Waals surface area contributed by atoms with E-state index in [1.165, 1.54) is 0 Å². The normalized spacial score (nSPS) is 12.3. The molecule has 58 valence electrons. The van der Waals surface area contributed by atoms with Crippen molar-refractivity contribution in [1.82, 2.24) is 5.32 Å². The smallest absolute Gasteiger partial charge is 0.246 e. The lowest BCUT2D eigenvalue weighted by Crippen LogP contribution is -2.28. The van der Waals surface area contributed by atoms with Crippen molar-refractivity contribution in [2.75, 3.05) is 6.54 Å². The van der Waals surface area contributed by atoms with Crippen LogP contribution in [0.5, 0.6) is 0 Å². The zero-order valence-corrected chi connectivity index (χ0v) is 7.24. The van der Waals surface area contributed by atoms with Crippen molar-refractivity contribution in [1.29, 1.82) is 0 Å². The third-order valence-electron chi connectivity index (χ3n) is 0.946. The van der Waals surface area contributed by atoms with Gasteiger partial charge in [-0.05, 0) is 6.92 Å². The number of hydrogen-bond acceptors (Lipinski definition) is 2. The molecular formula is C7H13NOS. The SMILES string of the molecule is C=C(C)C(=O)NCC(C)S. The third kappa shape index (κ3) is 4.44. The summed E-state index contributed by atoms with van der Waals surface area (Å²) >= 11 is 4.10. The average molecular weight is 159 g/mol. The van der Waals surface area contributed by atoms with Gasteiger partial charge in [0, 0.05) is 17.4 Å². The molecule has 0 aromatic rings. The van der Waals surface area contributed by atoms with E-state index in [9.17, 15) is 4.79 Å². The largest absolute Gasteiger partial charge is 0.351 e. The third-order valence-corrected chi connectivity index (χ3v) is 1.13. The highest BCUT2D eigenvalue weighted by Crippen LogP contribution is 1.90. The first kappa shape index (κ1) is 9.56. The minimum atomic E-state index is -0.0964. The molecule has 0 aromatic heterocycles. The average Bonchev–Trinajstić information content (AvgIpc) is 1.82. The quantitative estimate of drug-likeness (QED) is 0.467. The maximum absolute atomic E-state index is 10.8. The molecule has 1 atom stereocenters. The van der Waals surface area contributed by atoms with E-state index in [2.05, 4.69) is 24.5 Å². The Bertz CT molecular complexity index is 143. The fourth-order valence-electron chi connectivity index (χ4n) is 0.391. The molecule has 0 aliphatic heterocycles. The molecule has 0 radical (unpaired) electrons. The molecule has 0 rings (SSSR count). The van der Waals surface area contributed by atoms with E-state index in [1.54, 1.807) is 6.92 Å². The molecular weight excluding hydrogens is 146 g/mol. The standard InChI is InChI=1S/C7H13NOS/c1-5(2)7(9)8-4-6(3)10/h6,10H,1,4H2,2-3H3,(H,8,9). The zero-order chi connectivity index (χ0) is 8.15. The minimum absolute atomic E-state index is 0.0964. The van der Waals surface area contributed by atoms with Gasteiger partial charge in [-0.3, -0.25) is 4.79 Å². The van der Waals surface area contributed by atoms with E-state index in [-0.39, 0.29) is 11.2 Å². The predicted octanol–water partition coefficient (Wildman–Crippen LogP) is 0.997.